The van der Waals surface area contributed by atoms with Crippen molar-refractivity contribution < 1.29 is 18.3 Å². The highest BCUT2D eigenvalue weighted by molar-refractivity contribution is 5.31. The predicted octanol–water partition coefficient (Wildman–Crippen LogP) is 3.51. The molecule has 0 aliphatic rings. The van der Waals surface area contributed by atoms with E-state index in [0.29, 0.717) is 31.2 Å². The quantitative estimate of drug-likeness (QED) is 0.708. The molecule has 1 aromatic carbocycles. The monoisotopic (exact) mass is 301 g/mol. The van der Waals surface area contributed by atoms with Gasteiger partial charge in [-0.1, -0.05) is 27.7 Å². The van der Waals surface area contributed by atoms with Gasteiger partial charge in [-0.15, -0.1) is 0 Å². The summed E-state index contributed by atoms with van der Waals surface area (Å²) in [6, 6.07) is 2.84. The van der Waals surface area contributed by atoms with Gasteiger partial charge in [0.25, 0.3) is 0 Å². The molecule has 3 nitrogen and oxygen atoms in total. The average molecular weight is 301 g/mol. The zero-order valence-electron chi connectivity index (χ0n) is 13.2. The van der Waals surface area contributed by atoms with Crippen molar-refractivity contribution in [1.29, 1.82) is 0 Å². The van der Waals surface area contributed by atoms with E-state index in [0.717, 1.165) is 0 Å². The zero-order chi connectivity index (χ0) is 15.8. The second-order valence-corrected chi connectivity index (χ2v) is 5.74. The molecule has 21 heavy (non-hydrogen) atoms. The fourth-order valence-corrected chi connectivity index (χ4v) is 1.70. The molecule has 0 bridgehead atoms. The van der Waals surface area contributed by atoms with Crippen molar-refractivity contribution in [2.45, 2.75) is 40.3 Å². The summed E-state index contributed by atoms with van der Waals surface area (Å²) in [5.41, 5.74) is 0.558. The summed E-state index contributed by atoms with van der Waals surface area (Å²) < 4.78 is 38.1. The first kappa shape index (κ1) is 17.9. The lowest BCUT2D eigenvalue weighted by atomic mass is 10.2. The molecule has 0 amide bonds. The van der Waals surface area contributed by atoms with Crippen LogP contribution in [0, 0.1) is 17.6 Å². The Kier molecular flexibility index (Phi) is 7.61. The van der Waals surface area contributed by atoms with E-state index in [9.17, 15) is 8.78 Å². The average Bonchev–Trinajstić information content (AvgIpc) is 2.38. The summed E-state index contributed by atoms with van der Waals surface area (Å²) in [7, 11) is 0. The molecule has 0 aromatic heterocycles. The van der Waals surface area contributed by atoms with Gasteiger partial charge >= 0.3 is 0 Å². The highest BCUT2D eigenvalue weighted by Crippen LogP contribution is 2.23. The van der Waals surface area contributed by atoms with Gasteiger partial charge in [0.05, 0.1) is 6.61 Å². The van der Waals surface area contributed by atoms with Crippen LogP contribution in [0.15, 0.2) is 12.1 Å². The minimum Gasteiger partial charge on any atom is -0.485 e. The van der Waals surface area contributed by atoms with E-state index < -0.39 is 11.6 Å². The van der Waals surface area contributed by atoms with Crippen LogP contribution in [0.25, 0.3) is 0 Å². The van der Waals surface area contributed by atoms with Crippen molar-refractivity contribution in [3.05, 3.63) is 29.3 Å². The molecular weight excluding hydrogens is 276 g/mol. The standard InChI is InChI=1S/C16H25F2NO2/c1-11(2)10-20-5-6-21-16-14(17)7-13(8-15(16)18)9-19-12(3)4/h7-8,11-12,19H,5-6,9-10H2,1-4H3. The van der Waals surface area contributed by atoms with Gasteiger partial charge in [0.2, 0.25) is 0 Å². The molecule has 120 valence electrons. The van der Waals surface area contributed by atoms with Crippen LogP contribution in [-0.2, 0) is 11.3 Å². The Hall–Kier alpha value is -1.20. The lowest BCUT2D eigenvalue weighted by Crippen LogP contribution is -2.22. The van der Waals surface area contributed by atoms with Crippen molar-refractivity contribution in [2.24, 2.45) is 5.92 Å². The second kappa shape index (κ2) is 8.95. The Labute approximate surface area is 125 Å². The third-order valence-corrected chi connectivity index (χ3v) is 2.70. The molecule has 0 saturated carbocycles. The Morgan fingerprint density at radius 2 is 1.67 bits per heavy atom. The van der Waals surface area contributed by atoms with Gasteiger partial charge in [-0.05, 0) is 23.6 Å². The number of halogens is 2. The van der Waals surface area contributed by atoms with Crippen LogP contribution in [0.4, 0.5) is 8.78 Å². The number of ether oxygens (including phenoxy) is 2. The molecule has 1 aromatic rings. The summed E-state index contributed by atoms with van der Waals surface area (Å²) >= 11 is 0. The molecule has 0 spiro atoms. The van der Waals surface area contributed by atoms with E-state index in [-0.39, 0.29) is 18.4 Å². The van der Waals surface area contributed by atoms with Gasteiger partial charge in [-0.3, -0.25) is 0 Å². The third-order valence-electron chi connectivity index (χ3n) is 2.70. The molecule has 0 unspecified atom stereocenters. The SMILES string of the molecule is CC(C)COCCOc1c(F)cc(CNC(C)C)cc1F. The topological polar surface area (TPSA) is 30.5 Å². The number of benzene rings is 1. The van der Waals surface area contributed by atoms with E-state index in [1.165, 1.54) is 12.1 Å². The first-order valence-electron chi connectivity index (χ1n) is 7.32. The number of rotatable bonds is 9. The summed E-state index contributed by atoms with van der Waals surface area (Å²) in [5, 5.41) is 3.11. The van der Waals surface area contributed by atoms with Crippen molar-refractivity contribution in [2.75, 3.05) is 19.8 Å². The summed E-state index contributed by atoms with van der Waals surface area (Å²) in [4.78, 5) is 0. The maximum atomic E-state index is 13.8. The largest absolute Gasteiger partial charge is 0.485 e. The molecule has 0 fully saturated rings. The first-order chi connectivity index (χ1) is 9.90. The lowest BCUT2D eigenvalue weighted by Gasteiger charge is -2.12. The fraction of sp³-hybridized carbons (Fsp3) is 0.625. The number of hydrogen-bond donors (Lipinski definition) is 1. The highest BCUT2D eigenvalue weighted by Gasteiger charge is 2.13. The van der Waals surface area contributed by atoms with Crippen molar-refractivity contribution >= 4 is 0 Å². The molecule has 5 heteroatoms. The summed E-state index contributed by atoms with van der Waals surface area (Å²) in [6.07, 6.45) is 0. The lowest BCUT2D eigenvalue weighted by molar-refractivity contribution is 0.0795. The van der Waals surface area contributed by atoms with Crippen LogP contribution >= 0.6 is 0 Å². The van der Waals surface area contributed by atoms with Gasteiger partial charge in [0.15, 0.2) is 17.4 Å². The van der Waals surface area contributed by atoms with Crippen LogP contribution in [0.5, 0.6) is 5.75 Å². The Bertz CT molecular complexity index is 413. The van der Waals surface area contributed by atoms with Gasteiger partial charge in [0.1, 0.15) is 6.61 Å². The molecule has 0 aliphatic heterocycles. The number of nitrogens with one attached hydrogen (secondary N) is 1. The first-order valence-corrected chi connectivity index (χ1v) is 7.32. The summed E-state index contributed by atoms with van der Waals surface area (Å²) in [5.74, 6) is -1.28. The van der Waals surface area contributed by atoms with Crippen LogP contribution < -0.4 is 10.1 Å². The van der Waals surface area contributed by atoms with Crippen LogP contribution in [-0.4, -0.2) is 25.9 Å². The van der Waals surface area contributed by atoms with E-state index in [1.54, 1.807) is 0 Å². The van der Waals surface area contributed by atoms with Gasteiger partial charge < -0.3 is 14.8 Å². The highest BCUT2D eigenvalue weighted by atomic mass is 19.1. The maximum Gasteiger partial charge on any atom is 0.190 e. The van der Waals surface area contributed by atoms with Crippen LogP contribution in [0.2, 0.25) is 0 Å². The number of hydrogen-bond acceptors (Lipinski definition) is 3. The van der Waals surface area contributed by atoms with Gasteiger partial charge in [0, 0.05) is 19.2 Å². The van der Waals surface area contributed by atoms with E-state index in [2.05, 4.69) is 5.32 Å². The summed E-state index contributed by atoms with van der Waals surface area (Å²) in [6.45, 7) is 9.48. The molecular formula is C16H25F2NO2. The molecule has 0 heterocycles. The van der Waals surface area contributed by atoms with Gasteiger partial charge in [-0.25, -0.2) is 8.78 Å². The minimum atomic E-state index is -0.681. The van der Waals surface area contributed by atoms with Crippen molar-refractivity contribution in [1.82, 2.24) is 5.32 Å². The van der Waals surface area contributed by atoms with E-state index in [4.69, 9.17) is 9.47 Å². The Morgan fingerprint density at radius 1 is 1.05 bits per heavy atom. The van der Waals surface area contributed by atoms with E-state index in [1.807, 2.05) is 27.7 Å². The van der Waals surface area contributed by atoms with Crippen LogP contribution in [0.3, 0.4) is 0 Å². The van der Waals surface area contributed by atoms with Crippen molar-refractivity contribution in [3.63, 3.8) is 0 Å². The smallest absolute Gasteiger partial charge is 0.190 e. The zero-order valence-corrected chi connectivity index (χ0v) is 13.2. The normalized spacial score (nSPS) is 11.4. The molecule has 1 rings (SSSR count). The Morgan fingerprint density at radius 3 is 2.19 bits per heavy atom. The van der Waals surface area contributed by atoms with Crippen molar-refractivity contribution in [3.8, 4) is 5.75 Å². The Balaban J connectivity index is 2.51. The third kappa shape index (κ3) is 6.87. The minimum absolute atomic E-state index is 0.129. The van der Waals surface area contributed by atoms with E-state index >= 15 is 0 Å². The molecule has 1 N–H and O–H groups in total. The maximum absolute atomic E-state index is 13.8. The molecule has 0 radical (unpaired) electrons. The molecule has 0 atom stereocenters. The fourth-order valence-electron chi connectivity index (χ4n) is 1.70. The molecule has 0 aliphatic carbocycles. The predicted molar refractivity (Wildman–Crippen MR) is 79.5 cm³/mol. The molecule has 0 saturated heterocycles. The van der Waals surface area contributed by atoms with Gasteiger partial charge in [-0.2, -0.15) is 0 Å². The van der Waals surface area contributed by atoms with Crippen LogP contribution in [0.1, 0.15) is 33.3 Å². The second-order valence-electron chi connectivity index (χ2n) is 5.74.